The second-order valence-corrected chi connectivity index (χ2v) is 8.58. The molecule has 1 aliphatic rings. The molecule has 35 heavy (non-hydrogen) atoms. The zero-order valence-corrected chi connectivity index (χ0v) is 20.0. The Bertz CT molecular complexity index is 1500. The number of anilines is 2. The average molecular weight is 463 g/mol. The van der Waals surface area contributed by atoms with Crippen LogP contribution < -0.4 is 15.0 Å². The zero-order chi connectivity index (χ0) is 24.5. The molecule has 1 aliphatic heterocycles. The molecule has 0 spiro atoms. The summed E-state index contributed by atoms with van der Waals surface area (Å²) in [5.74, 6) is -0.159. The monoisotopic (exact) mass is 462 g/mol. The molecule has 1 heterocycles. The predicted octanol–water partition coefficient (Wildman–Crippen LogP) is 6.25. The van der Waals surface area contributed by atoms with Gasteiger partial charge in [0, 0.05) is 17.1 Å². The Balaban J connectivity index is 1.65. The molecule has 0 aliphatic carbocycles. The van der Waals surface area contributed by atoms with Crippen LogP contribution in [0.2, 0.25) is 0 Å². The van der Waals surface area contributed by atoms with Crippen molar-refractivity contribution in [2.24, 2.45) is 0 Å². The van der Waals surface area contributed by atoms with Crippen molar-refractivity contribution in [1.29, 1.82) is 0 Å². The highest BCUT2D eigenvalue weighted by atomic mass is 16.5. The molecule has 2 amide bonds. The van der Waals surface area contributed by atoms with E-state index in [4.69, 9.17) is 4.74 Å². The fourth-order valence-corrected chi connectivity index (χ4v) is 4.39. The first-order valence-corrected chi connectivity index (χ1v) is 11.7. The van der Waals surface area contributed by atoms with Crippen molar-refractivity contribution in [2.75, 3.05) is 16.8 Å². The number of carbonyl (C=O) groups is 2. The third-order valence-electron chi connectivity index (χ3n) is 6.32. The number of fused-ring (bicyclic) bond motifs is 1. The van der Waals surface area contributed by atoms with E-state index in [0.29, 0.717) is 29.2 Å². The zero-order valence-electron chi connectivity index (χ0n) is 20.0. The number of rotatable bonds is 6. The summed E-state index contributed by atoms with van der Waals surface area (Å²) in [4.78, 5) is 28.8. The highest BCUT2D eigenvalue weighted by Crippen LogP contribution is 2.36. The molecule has 174 valence electrons. The van der Waals surface area contributed by atoms with Crippen LogP contribution in [-0.4, -0.2) is 18.4 Å². The van der Waals surface area contributed by atoms with E-state index >= 15 is 0 Å². The predicted molar refractivity (Wildman–Crippen MR) is 141 cm³/mol. The van der Waals surface area contributed by atoms with Crippen molar-refractivity contribution in [3.63, 3.8) is 0 Å². The normalized spacial score (nSPS) is 13.6. The van der Waals surface area contributed by atoms with Crippen LogP contribution in [0.3, 0.4) is 0 Å². The van der Waals surface area contributed by atoms with E-state index in [1.54, 1.807) is 18.2 Å². The molecule has 4 aromatic carbocycles. The summed E-state index contributed by atoms with van der Waals surface area (Å²) in [6.07, 6.45) is 0. The Hall–Kier alpha value is -4.38. The summed E-state index contributed by atoms with van der Waals surface area (Å²) in [6, 6.07) is 26.7. The van der Waals surface area contributed by atoms with Crippen molar-refractivity contribution in [3.8, 4) is 5.75 Å². The van der Waals surface area contributed by atoms with Crippen LogP contribution in [-0.2, 0) is 9.59 Å². The molecular formula is C30H26N2O3. The highest BCUT2D eigenvalue weighted by molar-refractivity contribution is 6.46. The Labute approximate surface area is 204 Å². The summed E-state index contributed by atoms with van der Waals surface area (Å²) >= 11 is 0. The molecule has 0 radical (unpaired) electrons. The van der Waals surface area contributed by atoms with E-state index in [-0.39, 0.29) is 11.6 Å². The number of ether oxygens (including phenoxy) is 1. The molecule has 5 nitrogen and oxygen atoms in total. The number of benzene rings is 4. The van der Waals surface area contributed by atoms with Gasteiger partial charge in [-0.05, 0) is 61.0 Å². The van der Waals surface area contributed by atoms with Crippen LogP contribution in [0.4, 0.5) is 11.4 Å². The first kappa shape index (κ1) is 22.4. The molecule has 0 saturated heterocycles. The number of amides is 2. The fourth-order valence-electron chi connectivity index (χ4n) is 4.39. The molecule has 5 rings (SSSR count). The van der Waals surface area contributed by atoms with Crippen LogP contribution >= 0.6 is 0 Å². The van der Waals surface area contributed by atoms with Crippen molar-refractivity contribution in [1.82, 2.24) is 0 Å². The topological polar surface area (TPSA) is 58.6 Å². The first-order valence-electron chi connectivity index (χ1n) is 11.7. The lowest BCUT2D eigenvalue weighted by Crippen LogP contribution is -2.32. The van der Waals surface area contributed by atoms with E-state index in [1.807, 2.05) is 87.5 Å². The van der Waals surface area contributed by atoms with Gasteiger partial charge < -0.3 is 10.1 Å². The van der Waals surface area contributed by atoms with Gasteiger partial charge in [-0.25, -0.2) is 4.90 Å². The van der Waals surface area contributed by atoms with Crippen LogP contribution in [0.1, 0.15) is 23.6 Å². The van der Waals surface area contributed by atoms with Gasteiger partial charge in [-0.3, -0.25) is 9.59 Å². The van der Waals surface area contributed by atoms with Gasteiger partial charge in [0.1, 0.15) is 11.4 Å². The maximum absolute atomic E-state index is 13.8. The van der Waals surface area contributed by atoms with Gasteiger partial charge in [0.25, 0.3) is 11.8 Å². The van der Waals surface area contributed by atoms with E-state index in [9.17, 15) is 9.59 Å². The van der Waals surface area contributed by atoms with Gasteiger partial charge >= 0.3 is 0 Å². The lowest BCUT2D eigenvalue weighted by Gasteiger charge is -2.17. The summed E-state index contributed by atoms with van der Waals surface area (Å²) in [6.45, 7) is 6.41. The van der Waals surface area contributed by atoms with E-state index in [0.717, 1.165) is 27.6 Å². The molecule has 5 heteroatoms. The van der Waals surface area contributed by atoms with Gasteiger partial charge in [-0.1, -0.05) is 60.7 Å². The third kappa shape index (κ3) is 4.06. The quantitative estimate of drug-likeness (QED) is 0.344. The SMILES string of the molecule is CCOc1cccc(N2C(=O)C(Nc3cccc4ccccc34)=C(c3ccc(C)c(C)c3)C2=O)c1. The van der Waals surface area contributed by atoms with Crippen LogP contribution in [0.15, 0.2) is 90.6 Å². The van der Waals surface area contributed by atoms with Gasteiger partial charge in [-0.15, -0.1) is 0 Å². The van der Waals surface area contributed by atoms with Crippen molar-refractivity contribution in [3.05, 3.63) is 107 Å². The average Bonchev–Trinajstić information content (AvgIpc) is 3.10. The van der Waals surface area contributed by atoms with Crippen molar-refractivity contribution >= 4 is 39.5 Å². The molecule has 4 aromatic rings. The molecule has 0 fully saturated rings. The standard InChI is InChI=1S/C30H26N2O3/c1-4-35-24-12-8-11-23(18-24)32-29(33)27(22-16-15-19(2)20(3)17-22)28(30(32)34)31-26-14-7-10-21-9-5-6-13-25(21)26/h5-18,31H,4H2,1-3H3. The number of imide groups is 1. The highest BCUT2D eigenvalue weighted by Gasteiger charge is 2.40. The van der Waals surface area contributed by atoms with Crippen LogP contribution in [0.25, 0.3) is 16.3 Å². The maximum atomic E-state index is 13.8. The maximum Gasteiger partial charge on any atom is 0.282 e. The Morgan fingerprint density at radius 3 is 2.37 bits per heavy atom. The van der Waals surface area contributed by atoms with Gasteiger partial charge in [0.2, 0.25) is 0 Å². The van der Waals surface area contributed by atoms with Gasteiger partial charge in [-0.2, -0.15) is 0 Å². The first-order chi connectivity index (χ1) is 17.0. The van der Waals surface area contributed by atoms with Gasteiger partial charge in [0.15, 0.2) is 0 Å². The fraction of sp³-hybridized carbons (Fsp3) is 0.133. The van der Waals surface area contributed by atoms with E-state index < -0.39 is 5.91 Å². The minimum Gasteiger partial charge on any atom is -0.494 e. The summed E-state index contributed by atoms with van der Waals surface area (Å²) in [5, 5.41) is 5.34. The van der Waals surface area contributed by atoms with Crippen molar-refractivity contribution in [2.45, 2.75) is 20.8 Å². The van der Waals surface area contributed by atoms with Gasteiger partial charge in [0.05, 0.1) is 17.9 Å². The number of carbonyl (C=O) groups excluding carboxylic acids is 2. The lowest BCUT2D eigenvalue weighted by atomic mass is 9.99. The molecular weight excluding hydrogens is 436 g/mol. The molecule has 0 atom stereocenters. The molecule has 0 unspecified atom stereocenters. The van der Waals surface area contributed by atoms with E-state index in [1.165, 1.54) is 4.90 Å². The minimum atomic E-state index is -0.398. The minimum absolute atomic E-state index is 0.261. The summed E-state index contributed by atoms with van der Waals surface area (Å²) in [7, 11) is 0. The Kier molecular flexibility index (Phi) is 5.83. The number of hydrogen-bond donors (Lipinski definition) is 1. The van der Waals surface area contributed by atoms with Crippen LogP contribution in [0.5, 0.6) is 5.75 Å². The molecule has 0 bridgehead atoms. The second kappa shape index (κ2) is 9.11. The number of nitrogens with one attached hydrogen (secondary N) is 1. The van der Waals surface area contributed by atoms with Crippen LogP contribution in [0, 0.1) is 13.8 Å². The largest absolute Gasteiger partial charge is 0.494 e. The number of aryl methyl sites for hydroxylation is 2. The van der Waals surface area contributed by atoms with E-state index in [2.05, 4.69) is 5.32 Å². The molecule has 0 aromatic heterocycles. The summed E-state index contributed by atoms with van der Waals surface area (Å²) in [5.41, 5.74) is 4.74. The number of hydrogen-bond acceptors (Lipinski definition) is 4. The molecule has 1 N–H and O–H groups in total. The Morgan fingerprint density at radius 1 is 0.800 bits per heavy atom. The smallest absolute Gasteiger partial charge is 0.282 e. The molecule has 0 saturated carbocycles. The third-order valence-corrected chi connectivity index (χ3v) is 6.32. The Morgan fingerprint density at radius 2 is 1.57 bits per heavy atom. The number of nitrogens with zero attached hydrogens (tertiary/aromatic N) is 1. The van der Waals surface area contributed by atoms with Crippen molar-refractivity contribution < 1.29 is 14.3 Å². The lowest BCUT2D eigenvalue weighted by molar-refractivity contribution is -0.120. The second-order valence-electron chi connectivity index (χ2n) is 8.58. The summed E-state index contributed by atoms with van der Waals surface area (Å²) < 4.78 is 5.61.